The maximum Gasteiger partial charge on any atom is 0.249 e. The second-order valence-electron chi connectivity index (χ2n) is 22.5. The monoisotopic (exact) mass is 1010 g/mol. The smallest absolute Gasteiger partial charge is 0.249 e. The molecule has 0 aliphatic rings. The van der Waals surface area contributed by atoms with E-state index in [1.807, 2.05) is 0 Å². The molecule has 0 aromatic heterocycles. The SMILES string of the molecule is CCCCCCCCCCC/C=C\C/C=C\CCCCCCCCCCC(O)C(=O)NC(CO)C(O)C(O)CCC/C=C/CCCCCCCCCCCCCCCCCCCCCCCCCCCCC. The van der Waals surface area contributed by atoms with Gasteiger partial charge in [-0.05, 0) is 70.6 Å². The highest BCUT2D eigenvalue weighted by Crippen LogP contribution is 2.18. The molecule has 0 fully saturated rings. The van der Waals surface area contributed by atoms with Gasteiger partial charge in [-0.1, -0.05) is 314 Å². The van der Waals surface area contributed by atoms with Crippen molar-refractivity contribution in [2.24, 2.45) is 0 Å². The van der Waals surface area contributed by atoms with E-state index in [1.165, 1.54) is 270 Å². The first kappa shape index (κ1) is 70.5. The summed E-state index contributed by atoms with van der Waals surface area (Å²) in [5.41, 5.74) is 0. The first-order valence-electron chi connectivity index (χ1n) is 32.4. The van der Waals surface area contributed by atoms with Crippen LogP contribution in [0.25, 0.3) is 0 Å². The predicted molar refractivity (Wildman–Crippen MR) is 316 cm³/mol. The van der Waals surface area contributed by atoms with Gasteiger partial charge < -0.3 is 25.7 Å². The first-order valence-corrected chi connectivity index (χ1v) is 32.4. The summed E-state index contributed by atoms with van der Waals surface area (Å²) in [6, 6.07) is -1.01. The molecular formula is C66H127NO5. The summed E-state index contributed by atoms with van der Waals surface area (Å²) >= 11 is 0. The van der Waals surface area contributed by atoms with E-state index in [0.717, 1.165) is 51.4 Å². The molecule has 0 saturated carbocycles. The number of hydrogen-bond acceptors (Lipinski definition) is 5. The topological polar surface area (TPSA) is 110 Å². The Morgan fingerprint density at radius 2 is 0.611 bits per heavy atom. The third-order valence-electron chi connectivity index (χ3n) is 15.3. The Morgan fingerprint density at radius 1 is 0.347 bits per heavy atom. The van der Waals surface area contributed by atoms with Gasteiger partial charge in [0.15, 0.2) is 0 Å². The molecule has 0 radical (unpaired) electrons. The lowest BCUT2D eigenvalue weighted by Crippen LogP contribution is -2.53. The Kier molecular flexibility index (Phi) is 59.2. The minimum absolute atomic E-state index is 0.357. The van der Waals surface area contributed by atoms with Gasteiger partial charge in [0, 0.05) is 0 Å². The van der Waals surface area contributed by atoms with Crippen LogP contribution in [0, 0.1) is 0 Å². The standard InChI is InChI=1S/C66H127NO5/c1-3-5-7-9-11-13-15-17-19-21-23-25-27-29-30-31-32-33-34-35-36-38-39-41-43-45-47-49-51-53-55-57-59-63(69)65(71)62(61-68)67-66(72)64(70)60-58-56-54-52-50-48-46-44-42-40-37-28-26-24-22-20-18-16-14-12-10-8-6-4-2/h24,26,37,40,51,53,62-65,68-71H,3-23,25,27-36,38-39,41-50,52,54-61H2,1-2H3,(H,67,72)/b26-24-,40-37-,53-51+. The number of carbonyl (C=O) groups excluding carboxylic acids is 1. The van der Waals surface area contributed by atoms with Crippen molar-refractivity contribution in [2.45, 2.75) is 372 Å². The average molecular weight is 1010 g/mol. The zero-order chi connectivity index (χ0) is 52.3. The maximum atomic E-state index is 12.6. The molecule has 5 N–H and O–H groups in total. The molecule has 4 unspecified atom stereocenters. The molecular weight excluding hydrogens is 887 g/mol. The molecule has 0 rings (SSSR count). The molecule has 0 saturated heterocycles. The van der Waals surface area contributed by atoms with Crippen molar-refractivity contribution >= 4 is 5.91 Å². The lowest BCUT2D eigenvalue weighted by molar-refractivity contribution is -0.132. The molecule has 426 valence electrons. The fourth-order valence-electron chi connectivity index (χ4n) is 10.3. The molecule has 6 heteroatoms. The Bertz CT molecular complexity index is 1140. The summed E-state index contributed by atoms with van der Waals surface area (Å²) in [7, 11) is 0. The molecule has 0 aromatic rings. The van der Waals surface area contributed by atoms with Gasteiger partial charge in [-0.3, -0.25) is 4.79 Å². The van der Waals surface area contributed by atoms with Crippen molar-refractivity contribution in [2.75, 3.05) is 6.61 Å². The molecule has 0 aliphatic heterocycles. The van der Waals surface area contributed by atoms with Gasteiger partial charge >= 0.3 is 0 Å². The van der Waals surface area contributed by atoms with Gasteiger partial charge in [0.25, 0.3) is 0 Å². The Labute approximate surface area is 449 Å². The number of unbranched alkanes of at least 4 members (excludes halogenated alkanes) is 45. The van der Waals surface area contributed by atoms with Gasteiger partial charge in [-0.2, -0.15) is 0 Å². The van der Waals surface area contributed by atoms with Crippen LogP contribution in [0.2, 0.25) is 0 Å². The Balaban J connectivity index is 3.61. The fraction of sp³-hybridized carbons (Fsp3) is 0.894. The van der Waals surface area contributed by atoms with Crippen molar-refractivity contribution < 1.29 is 25.2 Å². The number of aliphatic hydroxyl groups is 4. The zero-order valence-corrected chi connectivity index (χ0v) is 48.4. The zero-order valence-electron chi connectivity index (χ0n) is 48.4. The van der Waals surface area contributed by atoms with Crippen molar-refractivity contribution in [1.29, 1.82) is 0 Å². The minimum Gasteiger partial charge on any atom is -0.394 e. The Morgan fingerprint density at radius 3 is 0.917 bits per heavy atom. The quantitative estimate of drug-likeness (QED) is 0.0308. The van der Waals surface area contributed by atoms with Crippen molar-refractivity contribution in [3.63, 3.8) is 0 Å². The average Bonchev–Trinajstić information content (AvgIpc) is 3.39. The van der Waals surface area contributed by atoms with Gasteiger partial charge in [-0.25, -0.2) is 0 Å². The van der Waals surface area contributed by atoms with Crippen LogP contribution in [0.4, 0.5) is 0 Å². The van der Waals surface area contributed by atoms with E-state index in [9.17, 15) is 25.2 Å². The van der Waals surface area contributed by atoms with E-state index in [2.05, 4.69) is 55.6 Å². The van der Waals surface area contributed by atoms with E-state index < -0.39 is 36.9 Å². The van der Waals surface area contributed by atoms with Crippen LogP contribution in [-0.4, -0.2) is 57.3 Å². The summed E-state index contributed by atoms with van der Waals surface area (Å²) in [6.45, 7) is 4.08. The second-order valence-corrected chi connectivity index (χ2v) is 22.5. The number of rotatable bonds is 60. The van der Waals surface area contributed by atoms with Crippen LogP contribution < -0.4 is 5.32 Å². The summed E-state index contributed by atoms with van der Waals surface area (Å²) in [5, 5.41) is 44.1. The lowest BCUT2D eigenvalue weighted by atomic mass is 10.00. The highest BCUT2D eigenvalue weighted by atomic mass is 16.3. The molecule has 0 aromatic carbocycles. The second kappa shape index (κ2) is 60.4. The van der Waals surface area contributed by atoms with E-state index in [4.69, 9.17) is 0 Å². The van der Waals surface area contributed by atoms with Gasteiger partial charge in [-0.15, -0.1) is 0 Å². The maximum absolute atomic E-state index is 12.6. The van der Waals surface area contributed by atoms with E-state index >= 15 is 0 Å². The van der Waals surface area contributed by atoms with Crippen LogP contribution in [0.1, 0.15) is 348 Å². The van der Waals surface area contributed by atoms with E-state index in [0.29, 0.717) is 12.8 Å². The third-order valence-corrected chi connectivity index (χ3v) is 15.3. The number of aliphatic hydroxyl groups excluding tert-OH is 4. The van der Waals surface area contributed by atoms with Crippen molar-refractivity contribution in [1.82, 2.24) is 5.32 Å². The van der Waals surface area contributed by atoms with Crippen molar-refractivity contribution in [3.05, 3.63) is 36.5 Å². The largest absolute Gasteiger partial charge is 0.394 e. The van der Waals surface area contributed by atoms with Crippen LogP contribution in [0.3, 0.4) is 0 Å². The molecule has 72 heavy (non-hydrogen) atoms. The van der Waals surface area contributed by atoms with Gasteiger partial charge in [0.2, 0.25) is 5.91 Å². The van der Waals surface area contributed by atoms with Crippen LogP contribution in [0.15, 0.2) is 36.5 Å². The number of carbonyl (C=O) groups is 1. The summed E-state index contributed by atoms with van der Waals surface area (Å²) in [4.78, 5) is 12.6. The lowest BCUT2D eigenvalue weighted by Gasteiger charge is -2.27. The summed E-state index contributed by atoms with van der Waals surface area (Å²) in [6.07, 6.45) is 76.8. The number of hydrogen-bond donors (Lipinski definition) is 5. The van der Waals surface area contributed by atoms with Crippen LogP contribution in [-0.2, 0) is 4.79 Å². The molecule has 1 amide bonds. The summed E-state index contributed by atoms with van der Waals surface area (Å²) in [5.74, 6) is -0.594. The highest BCUT2D eigenvalue weighted by Gasteiger charge is 2.28. The molecule has 6 nitrogen and oxygen atoms in total. The number of nitrogens with one attached hydrogen (secondary N) is 1. The summed E-state index contributed by atoms with van der Waals surface area (Å²) < 4.78 is 0. The normalized spacial score (nSPS) is 13.8. The molecule has 0 spiro atoms. The number of allylic oxidation sites excluding steroid dienone is 6. The van der Waals surface area contributed by atoms with Crippen molar-refractivity contribution in [3.8, 4) is 0 Å². The fourth-order valence-corrected chi connectivity index (χ4v) is 10.3. The van der Waals surface area contributed by atoms with Gasteiger partial charge in [0.05, 0.1) is 18.8 Å². The van der Waals surface area contributed by atoms with Crippen LogP contribution >= 0.6 is 0 Å². The third kappa shape index (κ3) is 53.4. The van der Waals surface area contributed by atoms with E-state index in [1.54, 1.807) is 0 Å². The Hall–Kier alpha value is -1.47. The predicted octanol–water partition coefficient (Wildman–Crippen LogP) is 19.5. The van der Waals surface area contributed by atoms with Gasteiger partial charge in [0.1, 0.15) is 12.2 Å². The first-order chi connectivity index (χ1) is 35.5. The molecule has 0 bridgehead atoms. The van der Waals surface area contributed by atoms with Crippen LogP contribution in [0.5, 0.6) is 0 Å². The minimum atomic E-state index is -1.29. The number of amides is 1. The molecule has 0 heterocycles. The molecule has 4 atom stereocenters. The molecule has 0 aliphatic carbocycles. The highest BCUT2D eigenvalue weighted by molar-refractivity contribution is 5.80. The van der Waals surface area contributed by atoms with E-state index in [-0.39, 0.29) is 0 Å².